The zero-order valence-corrected chi connectivity index (χ0v) is 12.7. The van der Waals surface area contributed by atoms with Gasteiger partial charge in [-0.1, -0.05) is 55.4 Å². The van der Waals surface area contributed by atoms with Crippen LogP contribution in [-0.2, 0) is 5.66 Å². The fourth-order valence-corrected chi connectivity index (χ4v) is 2.76. The van der Waals surface area contributed by atoms with Crippen molar-refractivity contribution in [1.82, 2.24) is 10.7 Å². The van der Waals surface area contributed by atoms with Crippen LogP contribution < -0.4 is 15.8 Å². The van der Waals surface area contributed by atoms with E-state index in [0.717, 1.165) is 23.0 Å². The number of anilines is 1. The first-order valence-corrected chi connectivity index (χ1v) is 7.38. The highest BCUT2D eigenvalue weighted by atomic mass is 35.5. The van der Waals surface area contributed by atoms with Crippen LogP contribution >= 0.6 is 11.6 Å². The van der Waals surface area contributed by atoms with Crippen molar-refractivity contribution < 1.29 is 0 Å². The number of hydrazine groups is 1. The summed E-state index contributed by atoms with van der Waals surface area (Å²) in [6.07, 6.45) is 0.889. The summed E-state index contributed by atoms with van der Waals surface area (Å²) in [5.41, 5.74) is 5.39. The van der Waals surface area contributed by atoms with Gasteiger partial charge in [0, 0.05) is 5.02 Å². The van der Waals surface area contributed by atoms with Crippen LogP contribution in [0.3, 0.4) is 0 Å². The Kier molecular flexibility index (Phi) is 3.62. The Bertz CT molecular complexity index is 639. The topological polar surface area (TPSA) is 27.3 Å². The standard InChI is InChI=1S/C17H18ClN3/c1-3-17(14-7-5-4-6-8-14)19-13(2)21(20-17)16-11-9-15(18)10-12-16/h4-12,19-20H,2-3H2,1H3. The van der Waals surface area contributed by atoms with Gasteiger partial charge >= 0.3 is 0 Å². The van der Waals surface area contributed by atoms with E-state index in [4.69, 9.17) is 11.6 Å². The highest BCUT2D eigenvalue weighted by Crippen LogP contribution is 2.32. The van der Waals surface area contributed by atoms with E-state index in [0.29, 0.717) is 0 Å². The summed E-state index contributed by atoms with van der Waals surface area (Å²) in [4.78, 5) is 0. The molecule has 21 heavy (non-hydrogen) atoms. The molecule has 0 bridgehead atoms. The molecule has 1 aliphatic rings. The lowest BCUT2D eigenvalue weighted by molar-refractivity contribution is 0.332. The van der Waals surface area contributed by atoms with E-state index in [-0.39, 0.29) is 5.66 Å². The van der Waals surface area contributed by atoms with E-state index in [2.05, 4.69) is 36.4 Å². The number of rotatable bonds is 3. The summed E-state index contributed by atoms with van der Waals surface area (Å²) in [7, 11) is 0. The number of hydrogen-bond acceptors (Lipinski definition) is 3. The Morgan fingerprint density at radius 2 is 1.76 bits per heavy atom. The Labute approximate surface area is 130 Å². The zero-order chi connectivity index (χ0) is 14.9. The molecule has 1 saturated heterocycles. The van der Waals surface area contributed by atoms with E-state index in [1.807, 2.05) is 47.5 Å². The summed E-state index contributed by atoms with van der Waals surface area (Å²) in [6, 6.07) is 18.0. The van der Waals surface area contributed by atoms with Crippen molar-refractivity contribution in [2.24, 2.45) is 0 Å². The summed E-state index contributed by atoms with van der Waals surface area (Å²) >= 11 is 5.96. The monoisotopic (exact) mass is 299 g/mol. The number of hydrogen-bond donors (Lipinski definition) is 2. The van der Waals surface area contributed by atoms with Crippen LogP contribution in [0.25, 0.3) is 0 Å². The van der Waals surface area contributed by atoms with Crippen LogP contribution in [0.2, 0.25) is 5.02 Å². The van der Waals surface area contributed by atoms with Crippen molar-refractivity contribution in [3.05, 3.63) is 77.6 Å². The first kappa shape index (κ1) is 14.0. The van der Waals surface area contributed by atoms with Gasteiger partial charge in [-0.3, -0.25) is 5.01 Å². The minimum absolute atomic E-state index is 0.335. The van der Waals surface area contributed by atoms with Gasteiger partial charge in [0.25, 0.3) is 0 Å². The second-order valence-corrected chi connectivity index (χ2v) is 5.56. The third-order valence-corrected chi connectivity index (χ3v) is 4.06. The third kappa shape index (κ3) is 2.50. The predicted octanol–water partition coefficient (Wildman–Crippen LogP) is 3.99. The molecule has 1 heterocycles. The van der Waals surface area contributed by atoms with Crippen LogP contribution in [-0.4, -0.2) is 0 Å². The van der Waals surface area contributed by atoms with Gasteiger partial charge in [-0.05, 0) is 36.2 Å². The molecule has 1 fully saturated rings. The van der Waals surface area contributed by atoms with Crippen LogP contribution in [0.5, 0.6) is 0 Å². The maximum absolute atomic E-state index is 5.96. The van der Waals surface area contributed by atoms with Crippen molar-refractivity contribution in [3.8, 4) is 0 Å². The minimum atomic E-state index is -0.335. The minimum Gasteiger partial charge on any atom is -0.348 e. The normalized spacial score (nSPS) is 21.4. The Morgan fingerprint density at radius 3 is 2.38 bits per heavy atom. The third-order valence-electron chi connectivity index (χ3n) is 3.81. The smallest absolute Gasteiger partial charge is 0.133 e. The first-order chi connectivity index (χ1) is 10.1. The van der Waals surface area contributed by atoms with Gasteiger partial charge in [-0.15, -0.1) is 0 Å². The molecule has 3 rings (SSSR count). The van der Waals surface area contributed by atoms with Crippen LogP contribution in [0, 0.1) is 0 Å². The maximum Gasteiger partial charge on any atom is 0.133 e. The summed E-state index contributed by atoms with van der Waals surface area (Å²) < 4.78 is 0. The quantitative estimate of drug-likeness (QED) is 0.897. The van der Waals surface area contributed by atoms with Crippen molar-refractivity contribution in [2.45, 2.75) is 19.0 Å². The summed E-state index contributed by atoms with van der Waals surface area (Å²) in [5, 5.41) is 6.17. The lowest BCUT2D eigenvalue weighted by atomic mass is 9.98. The average molecular weight is 300 g/mol. The molecule has 3 nitrogen and oxygen atoms in total. The molecule has 1 aliphatic heterocycles. The van der Waals surface area contributed by atoms with E-state index in [1.54, 1.807) is 0 Å². The average Bonchev–Trinajstić information content (AvgIpc) is 2.87. The Balaban J connectivity index is 1.94. The number of nitrogens with zero attached hydrogens (tertiary/aromatic N) is 1. The number of halogens is 1. The fourth-order valence-electron chi connectivity index (χ4n) is 2.63. The van der Waals surface area contributed by atoms with E-state index in [9.17, 15) is 0 Å². The van der Waals surface area contributed by atoms with Crippen molar-refractivity contribution in [2.75, 3.05) is 5.01 Å². The lowest BCUT2D eigenvalue weighted by Crippen LogP contribution is -2.47. The molecule has 2 aromatic rings. The number of nitrogens with one attached hydrogen (secondary N) is 2. The largest absolute Gasteiger partial charge is 0.348 e. The molecular formula is C17H18ClN3. The van der Waals surface area contributed by atoms with E-state index >= 15 is 0 Å². The molecule has 0 amide bonds. The first-order valence-electron chi connectivity index (χ1n) is 7.01. The highest BCUT2D eigenvalue weighted by Gasteiger charge is 2.39. The lowest BCUT2D eigenvalue weighted by Gasteiger charge is -2.29. The SMILES string of the molecule is C=C1NC(CC)(c2ccccc2)NN1c1ccc(Cl)cc1. The van der Waals surface area contributed by atoms with Crippen molar-refractivity contribution in [3.63, 3.8) is 0 Å². The molecule has 0 saturated carbocycles. The molecule has 1 unspecified atom stereocenters. The Hall–Kier alpha value is -1.97. The van der Waals surface area contributed by atoms with Crippen LogP contribution in [0.15, 0.2) is 67.0 Å². The second kappa shape index (κ2) is 5.43. The van der Waals surface area contributed by atoms with Crippen molar-refractivity contribution in [1.29, 1.82) is 0 Å². The molecule has 0 aliphatic carbocycles. The van der Waals surface area contributed by atoms with Crippen molar-refractivity contribution >= 4 is 17.3 Å². The van der Waals surface area contributed by atoms with Gasteiger partial charge < -0.3 is 5.32 Å². The van der Waals surface area contributed by atoms with Gasteiger partial charge in [0.15, 0.2) is 0 Å². The molecule has 2 N–H and O–H groups in total. The van der Waals surface area contributed by atoms with Crippen LogP contribution in [0.4, 0.5) is 5.69 Å². The maximum atomic E-state index is 5.96. The summed E-state index contributed by atoms with van der Waals surface area (Å²) in [5.74, 6) is 0.822. The fraction of sp³-hybridized carbons (Fsp3) is 0.176. The van der Waals surface area contributed by atoms with Gasteiger partial charge in [0.1, 0.15) is 11.5 Å². The van der Waals surface area contributed by atoms with E-state index in [1.165, 1.54) is 5.56 Å². The second-order valence-electron chi connectivity index (χ2n) is 5.12. The molecule has 2 aromatic carbocycles. The Morgan fingerprint density at radius 1 is 1.10 bits per heavy atom. The molecule has 4 heteroatoms. The molecule has 108 valence electrons. The van der Waals surface area contributed by atoms with Gasteiger partial charge in [-0.2, -0.15) is 5.43 Å². The molecule has 0 aromatic heterocycles. The predicted molar refractivity (Wildman–Crippen MR) is 87.8 cm³/mol. The van der Waals surface area contributed by atoms with Gasteiger partial charge in [0.2, 0.25) is 0 Å². The zero-order valence-electron chi connectivity index (χ0n) is 11.9. The highest BCUT2D eigenvalue weighted by molar-refractivity contribution is 6.30. The molecule has 0 spiro atoms. The van der Waals surface area contributed by atoms with Crippen LogP contribution in [0.1, 0.15) is 18.9 Å². The molecule has 1 atom stereocenters. The molecular weight excluding hydrogens is 282 g/mol. The molecule has 0 radical (unpaired) electrons. The van der Waals surface area contributed by atoms with Gasteiger partial charge in [-0.25, -0.2) is 0 Å². The van der Waals surface area contributed by atoms with Gasteiger partial charge in [0.05, 0.1) is 5.69 Å². The number of benzene rings is 2. The summed E-state index contributed by atoms with van der Waals surface area (Å²) in [6.45, 7) is 6.27. The van der Waals surface area contributed by atoms with E-state index < -0.39 is 0 Å².